The molecule has 7 heteroatoms. The van der Waals surface area contributed by atoms with Gasteiger partial charge in [0.15, 0.2) is 5.82 Å². The molecular formula is C12H20N4O3. The minimum atomic E-state index is -0.348. The van der Waals surface area contributed by atoms with E-state index in [1.165, 1.54) is 0 Å². The van der Waals surface area contributed by atoms with Crippen molar-refractivity contribution in [2.75, 3.05) is 13.2 Å². The van der Waals surface area contributed by atoms with Crippen molar-refractivity contribution in [2.45, 2.75) is 38.6 Å². The molecule has 106 valence electrons. The van der Waals surface area contributed by atoms with E-state index in [1.807, 2.05) is 13.8 Å². The quantitative estimate of drug-likeness (QED) is 0.712. The van der Waals surface area contributed by atoms with Gasteiger partial charge >= 0.3 is 6.03 Å². The number of nitrogens with zero attached hydrogens (tertiary/aromatic N) is 2. The fourth-order valence-corrected chi connectivity index (χ4v) is 1.76. The molecule has 1 aliphatic rings. The van der Waals surface area contributed by atoms with E-state index in [-0.39, 0.29) is 31.1 Å². The van der Waals surface area contributed by atoms with Gasteiger partial charge in [-0.3, -0.25) is 0 Å². The Morgan fingerprint density at radius 3 is 2.84 bits per heavy atom. The number of hydrogen-bond acceptors (Lipinski definition) is 5. The second kappa shape index (κ2) is 6.01. The van der Waals surface area contributed by atoms with Gasteiger partial charge in [0.2, 0.25) is 5.89 Å². The van der Waals surface area contributed by atoms with Gasteiger partial charge in [0, 0.05) is 12.5 Å². The maximum Gasteiger partial charge on any atom is 0.315 e. The van der Waals surface area contributed by atoms with Crippen LogP contribution in [0.5, 0.6) is 0 Å². The van der Waals surface area contributed by atoms with Gasteiger partial charge < -0.3 is 20.3 Å². The van der Waals surface area contributed by atoms with E-state index >= 15 is 0 Å². The average molecular weight is 268 g/mol. The molecule has 1 aliphatic carbocycles. The van der Waals surface area contributed by atoms with Gasteiger partial charge in [0.25, 0.3) is 0 Å². The zero-order valence-electron chi connectivity index (χ0n) is 11.2. The maximum absolute atomic E-state index is 11.6. The summed E-state index contributed by atoms with van der Waals surface area (Å²) in [6, 6.07) is -0.669. The fourth-order valence-electron chi connectivity index (χ4n) is 1.76. The number of carbonyl (C=O) groups excluding carboxylic acids is 1. The maximum atomic E-state index is 11.6. The molecule has 0 radical (unpaired) electrons. The predicted octanol–water partition coefficient (Wildman–Crippen LogP) is 0.936. The van der Waals surface area contributed by atoms with Crippen molar-refractivity contribution in [3.63, 3.8) is 0 Å². The molecule has 0 aromatic carbocycles. The number of hydrogen-bond donors (Lipinski definition) is 3. The Labute approximate surface area is 111 Å². The minimum absolute atomic E-state index is 0.0911. The van der Waals surface area contributed by atoms with Crippen molar-refractivity contribution in [2.24, 2.45) is 5.92 Å². The molecule has 2 rings (SSSR count). The van der Waals surface area contributed by atoms with Crippen molar-refractivity contribution >= 4 is 6.03 Å². The first-order valence-corrected chi connectivity index (χ1v) is 6.60. The topological polar surface area (TPSA) is 100 Å². The molecular weight excluding hydrogens is 248 g/mol. The summed E-state index contributed by atoms with van der Waals surface area (Å²) >= 11 is 0. The summed E-state index contributed by atoms with van der Waals surface area (Å²) in [5, 5.41) is 17.9. The number of nitrogens with one attached hydrogen (secondary N) is 2. The number of carbonyl (C=O) groups is 1. The molecule has 1 unspecified atom stereocenters. The molecule has 1 saturated carbocycles. The van der Waals surface area contributed by atoms with Crippen LogP contribution in [0.15, 0.2) is 4.52 Å². The van der Waals surface area contributed by atoms with Gasteiger partial charge in [-0.2, -0.15) is 4.98 Å². The van der Waals surface area contributed by atoms with Crippen LogP contribution >= 0.6 is 0 Å². The SMILES string of the molecule is CC(C)C(NC(=O)NCCO)c1nc(C2CC2)no1. The molecule has 1 aromatic heterocycles. The van der Waals surface area contributed by atoms with E-state index in [2.05, 4.69) is 20.8 Å². The highest BCUT2D eigenvalue weighted by Crippen LogP contribution is 2.38. The standard InChI is InChI=1S/C12H20N4O3/c1-7(2)9(14-12(18)13-5-6-17)11-15-10(16-19-11)8-3-4-8/h7-9,17H,3-6H2,1-2H3,(H2,13,14,18). The number of aliphatic hydroxyl groups is 1. The Morgan fingerprint density at radius 2 is 2.26 bits per heavy atom. The van der Waals surface area contributed by atoms with Crippen LogP contribution in [0.4, 0.5) is 4.79 Å². The Morgan fingerprint density at radius 1 is 1.53 bits per heavy atom. The summed E-state index contributed by atoms with van der Waals surface area (Å²) in [5.41, 5.74) is 0. The molecule has 2 amide bonds. The highest BCUT2D eigenvalue weighted by Gasteiger charge is 2.31. The Balaban J connectivity index is 1.99. The van der Waals surface area contributed by atoms with Gasteiger partial charge in [0.1, 0.15) is 6.04 Å². The van der Waals surface area contributed by atoms with Crippen molar-refractivity contribution in [1.29, 1.82) is 0 Å². The third kappa shape index (κ3) is 3.66. The molecule has 0 spiro atoms. The molecule has 1 fully saturated rings. The van der Waals surface area contributed by atoms with E-state index in [1.54, 1.807) is 0 Å². The summed E-state index contributed by atoms with van der Waals surface area (Å²) < 4.78 is 5.24. The lowest BCUT2D eigenvalue weighted by atomic mass is 10.0. The van der Waals surface area contributed by atoms with Crippen LogP contribution in [0.3, 0.4) is 0 Å². The average Bonchev–Trinajstić information content (AvgIpc) is 3.12. The third-order valence-corrected chi connectivity index (χ3v) is 3.02. The largest absolute Gasteiger partial charge is 0.395 e. The number of rotatable bonds is 6. The second-order valence-corrected chi connectivity index (χ2v) is 5.11. The van der Waals surface area contributed by atoms with Gasteiger partial charge in [-0.1, -0.05) is 19.0 Å². The molecule has 1 atom stereocenters. The molecule has 19 heavy (non-hydrogen) atoms. The van der Waals surface area contributed by atoms with Crippen LogP contribution < -0.4 is 10.6 Å². The smallest absolute Gasteiger partial charge is 0.315 e. The molecule has 7 nitrogen and oxygen atoms in total. The number of aromatic nitrogens is 2. The molecule has 1 aromatic rings. The van der Waals surface area contributed by atoms with Crippen molar-refractivity contribution in [1.82, 2.24) is 20.8 Å². The molecule has 1 heterocycles. The Bertz CT molecular complexity index is 428. The monoisotopic (exact) mass is 268 g/mol. The van der Waals surface area contributed by atoms with E-state index in [9.17, 15) is 4.79 Å². The first-order valence-electron chi connectivity index (χ1n) is 6.60. The predicted molar refractivity (Wildman–Crippen MR) is 67.5 cm³/mol. The van der Waals surface area contributed by atoms with E-state index in [0.29, 0.717) is 11.8 Å². The van der Waals surface area contributed by atoms with Crippen LogP contribution in [0, 0.1) is 5.92 Å². The van der Waals surface area contributed by atoms with Crippen molar-refractivity contribution < 1.29 is 14.4 Å². The summed E-state index contributed by atoms with van der Waals surface area (Å²) in [5.74, 6) is 1.73. The Hall–Kier alpha value is -1.63. The molecule has 0 aliphatic heterocycles. The van der Waals surface area contributed by atoms with Gasteiger partial charge in [0.05, 0.1) is 6.61 Å². The lowest BCUT2D eigenvalue weighted by Gasteiger charge is -2.18. The minimum Gasteiger partial charge on any atom is -0.395 e. The van der Waals surface area contributed by atoms with Crippen molar-refractivity contribution in [3.05, 3.63) is 11.7 Å². The van der Waals surface area contributed by atoms with E-state index < -0.39 is 0 Å². The summed E-state index contributed by atoms with van der Waals surface area (Å²) in [7, 11) is 0. The summed E-state index contributed by atoms with van der Waals surface area (Å²) in [6.07, 6.45) is 2.21. The zero-order chi connectivity index (χ0) is 13.8. The van der Waals surface area contributed by atoms with E-state index in [4.69, 9.17) is 9.63 Å². The third-order valence-electron chi connectivity index (χ3n) is 3.02. The second-order valence-electron chi connectivity index (χ2n) is 5.11. The fraction of sp³-hybridized carbons (Fsp3) is 0.750. The van der Waals surface area contributed by atoms with Crippen LogP contribution in [-0.2, 0) is 0 Å². The molecule has 0 saturated heterocycles. The van der Waals surface area contributed by atoms with Crippen LogP contribution in [0.1, 0.15) is 50.4 Å². The number of urea groups is 1. The zero-order valence-corrected chi connectivity index (χ0v) is 11.2. The first kappa shape index (κ1) is 13.8. The molecule has 3 N–H and O–H groups in total. The Kier molecular flexibility index (Phi) is 4.36. The first-order chi connectivity index (χ1) is 9.11. The van der Waals surface area contributed by atoms with Crippen LogP contribution in [0.25, 0.3) is 0 Å². The normalized spacial score (nSPS) is 16.4. The van der Waals surface area contributed by atoms with Gasteiger partial charge in [-0.15, -0.1) is 0 Å². The van der Waals surface area contributed by atoms with Crippen LogP contribution in [-0.4, -0.2) is 34.4 Å². The highest BCUT2D eigenvalue weighted by molar-refractivity contribution is 5.74. The number of amides is 2. The van der Waals surface area contributed by atoms with Gasteiger partial charge in [-0.05, 0) is 18.8 Å². The molecule has 0 bridgehead atoms. The highest BCUT2D eigenvalue weighted by atomic mass is 16.5. The summed E-state index contributed by atoms with van der Waals surface area (Å²) in [4.78, 5) is 16.0. The van der Waals surface area contributed by atoms with E-state index in [0.717, 1.165) is 18.7 Å². The van der Waals surface area contributed by atoms with Crippen LogP contribution in [0.2, 0.25) is 0 Å². The lowest BCUT2D eigenvalue weighted by molar-refractivity contribution is 0.220. The van der Waals surface area contributed by atoms with Crippen molar-refractivity contribution in [3.8, 4) is 0 Å². The van der Waals surface area contributed by atoms with Gasteiger partial charge in [-0.25, -0.2) is 4.79 Å². The summed E-state index contributed by atoms with van der Waals surface area (Å²) in [6.45, 7) is 4.07. The number of aliphatic hydroxyl groups excluding tert-OH is 1. The lowest BCUT2D eigenvalue weighted by Crippen LogP contribution is -2.40.